The van der Waals surface area contributed by atoms with Gasteiger partial charge in [-0.25, -0.2) is 5.10 Å². The smallest absolute Gasteiger partial charge is 0.272 e. The number of hydrogen-bond acceptors (Lipinski definition) is 6. The zero-order valence-electron chi connectivity index (χ0n) is 15.6. The van der Waals surface area contributed by atoms with Crippen LogP contribution < -0.4 is 11.3 Å². The molecule has 3 aromatic heterocycles. The van der Waals surface area contributed by atoms with Crippen molar-refractivity contribution < 1.29 is 0 Å². The van der Waals surface area contributed by atoms with E-state index in [9.17, 15) is 10.1 Å². The summed E-state index contributed by atoms with van der Waals surface area (Å²) in [4.78, 5) is 16.3. The number of nitrogens with zero attached hydrogens (tertiary/aromatic N) is 5. The fourth-order valence-electron chi connectivity index (χ4n) is 3.21. The minimum Gasteiger partial charge on any atom is -0.325 e. The van der Waals surface area contributed by atoms with Gasteiger partial charge in [0, 0.05) is 30.7 Å². The van der Waals surface area contributed by atoms with Crippen LogP contribution in [0.25, 0.3) is 33.5 Å². The first-order valence-corrected chi connectivity index (χ1v) is 8.89. The Balaban J connectivity index is 1.89. The van der Waals surface area contributed by atoms with Gasteiger partial charge in [-0.05, 0) is 35.9 Å². The van der Waals surface area contributed by atoms with E-state index in [1.165, 1.54) is 0 Å². The predicted octanol–water partition coefficient (Wildman–Crippen LogP) is 2.24. The van der Waals surface area contributed by atoms with E-state index in [0.29, 0.717) is 27.7 Å². The molecule has 1 aromatic carbocycles. The maximum Gasteiger partial charge on any atom is 0.272 e. The SMILES string of the molecule is Cn1ncc(-c2ccc3c(=O)[nH]nc(CN)c3c2)c1/C=C(\C#N)c1ccccn1. The Bertz CT molecular complexity index is 1330. The molecule has 0 atom stereocenters. The number of rotatable bonds is 4. The average molecular weight is 383 g/mol. The number of pyridine rings is 1. The second-order valence-corrected chi connectivity index (χ2v) is 6.42. The summed E-state index contributed by atoms with van der Waals surface area (Å²) in [7, 11) is 1.81. The first-order valence-electron chi connectivity index (χ1n) is 8.89. The van der Waals surface area contributed by atoms with Gasteiger partial charge in [0.05, 0.1) is 34.2 Å². The van der Waals surface area contributed by atoms with Gasteiger partial charge in [0.15, 0.2) is 0 Å². The number of hydrogen-bond donors (Lipinski definition) is 2. The van der Waals surface area contributed by atoms with E-state index in [-0.39, 0.29) is 12.1 Å². The Morgan fingerprint density at radius 2 is 2.17 bits per heavy atom. The van der Waals surface area contributed by atoms with Crippen LogP contribution in [0.3, 0.4) is 0 Å². The molecule has 0 saturated carbocycles. The molecule has 4 aromatic rings. The van der Waals surface area contributed by atoms with Crippen molar-refractivity contribution in [1.82, 2.24) is 25.0 Å². The number of aryl methyl sites for hydroxylation is 1. The minimum absolute atomic E-state index is 0.203. The van der Waals surface area contributed by atoms with E-state index in [2.05, 4.69) is 26.3 Å². The maximum atomic E-state index is 12.1. The number of nitrogens with two attached hydrogens (primary N) is 1. The molecular weight excluding hydrogens is 366 g/mol. The van der Waals surface area contributed by atoms with Crippen LogP contribution in [-0.2, 0) is 13.6 Å². The van der Waals surface area contributed by atoms with Gasteiger partial charge in [0.2, 0.25) is 0 Å². The highest BCUT2D eigenvalue weighted by atomic mass is 16.1. The summed E-state index contributed by atoms with van der Waals surface area (Å²) >= 11 is 0. The van der Waals surface area contributed by atoms with Crippen molar-refractivity contribution in [1.29, 1.82) is 5.26 Å². The summed E-state index contributed by atoms with van der Waals surface area (Å²) in [6.07, 6.45) is 5.13. The molecule has 0 radical (unpaired) electrons. The molecular formula is C21H17N7O. The topological polar surface area (TPSA) is 126 Å². The van der Waals surface area contributed by atoms with Crippen LogP contribution in [0.5, 0.6) is 0 Å². The van der Waals surface area contributed by atoms with Crippen molar-refractivity contribution in [3.63, 3.8) is 0 Å². The number of nitrogens with one attached hydrogen (secondary N) is 1. The maximum absolute atomic E-state index is 12.1. The second kappa shape index (κ2) is 7.50. The lowest BCUT2D eigenvalue weighted by atomic mass is 10.0. The Kier molecular flexibility index (Phi) is 4.73. The van der Waals surface area contributed by atoms with Gasteiger partial charge < -0.3 is 5.73 Å². The fraction of sp³-hybridized carbons (Fsp3) is 0.0952. The third-order valence-electron chi connectivity index (χ3n) is 4.70. The van der Waals surface area contributed by atoms with Gasteiger partial charge in [0.1, 0.15) is 6.07 Å². The lowest BCUT2D eigenvalue weighted by Crippen LogP contribution is -2.13. The molecule has 0 saturated heterocycles. The van der Waals surface area contributed by atoms with Gasteiger partial charge in [-0.1, -0.05) is 12.1 Å². The minimum atomic E-state index is -0.267. The number of aromatic amines is 1. The molecule has 0 unspecified atom stereocenters. The fourth-order valence-corrected chi connectivity index (χ4v) is 3.21. The highest BCUT2D eigenvalue weighted by Gasteiger charge is 2.14. The number of allylic oxidation sites excluding steroid dienone is 1. The summed E-state index contributed by atoms with van der Waals surface area (Å²) in [6.45, 7) is 0.203. The Hall–Kier alpha value is -4.09. The van der Waals surface area contributed by atoms with Gasteiger partial charge >= 0.3 is 0 Å². The Labute approximate surface area is 165 Å². The second-order valence-electron chi connectivity index (χ2n) is 6.42. The lowest BCUT2D eigenvalue weighted by molar-refractivity contribution is 0.760. The third-order valence-corrected chi connectivity index (χ3v) is 4.70. The van der Waals surface area contributed by atoms with E-state index in [0.717, 1.165) is 16.8 Å². The largest absolute Gasteiger partial charge is 0.325 e. The molecule has 0 aliphatic heterocycles. The molecule has 4 rings (SSSR count). The molecule has 8 heteroatoms. The highest BCUT2D eigenvalue weighted by molar-refractivity contribution is 5.93. The molecule has 0 aliphatic rings. The van der Waals surface area contributed by atoms with E-state index in [1.807, 2.05) is 18.2 Å². The zero-order chi connectivity index (χ0) is 20.4. The Morgan fingerprint density at radius 1 is 1.31 bits per heavy atom. The highest BCUT2D eigenvalue weighted by Crippen LogP contribution is 2.29. The normalized spacial score (nSPS) is 11.6. The van der Waals surface area contributed by atoms with Crippen molar-refractivity contribution in [3.8, 4) is 17.2 Å². The first-order chi connectivity index (χ1) is 14.1. The van der Waals surface area contributed by atoms with Crippen LogP contribution in [0.4, 0.5) is 0 Å². The summed E-state index contributed by atoms with van der Waals surface area (Å²) in [5, 5.41) is 21.7. The summed E-state index contributed by atoms with van der Waals surface area (Å²) in [5.74, 6) is 0. The standard InChI is InChI=1S/C21H17N7O/c1-28-20(9-14(10-22)18-4-2-3-7-24-18)17(12-25-28)13-5-6-15-16(8-13)19(11-23)26-27-21(15)29/h2-9,12H,11,23H2,1H3,(H,27,29)/b14-9+. The number of H-pyrrole nitrogens is 1. The first kappa shape index (κ1) is 18.3. The molecule has 0 aliphatic carbocycles. The van der Waals surface area contributed by atoms with Crippen molar-refractivity contribution in [2.75, 3.05) is 0 Å². The van der Waals surface area contributed by atoms with Crippen LogP contribution in [0.15, 0.2) is 53.6 Å². The third kappa shape index (κ3) is 3.31. The molecule has 3 heterocycles. The molecule has 0 amide bonds. The van der Waals surface area contributed by atoms with E-state index < -0.39 is 0 Å². The number of fused-ring (bicyclic) bond motifs is 1. The van der Waals surface area contributed by atoms with Gasteiger partial charge in [0.25, 0.3) is 5.56 Å². The summed E-state index contributed by atoms with van der Waals surface area (Å²) in [6, 6.07) is 13.1. The van der Waals surface area contributed by atoms with Crippen molar-refractivity contribution in [3.05, 3.63) is 76.2 Å². The van der Waals surface area contributed by atoms with Crippen LogP contribution in [0.1, 0.15) is 17.1 Å². The van der Waals surface area contributed by atoms with Gasteiger partial charge in [-0.2, -0.15) is 15.5 Å². The van der Waals surface area contributed by atoms with Crippen molar-refractivity contribution in [2.24, 2.45) is 12.8 Å². The quantitative estimate of drug-likeness (QED) is 0.521. The number of nitriles is 1. The number of aromatic nitrogens is 5. The average Bonchev–Trinajstić information content (AvgIpc) is 3.12. The van der Waals surface area contributed by atoms with Crippen LogP contribution >= 0.6 is 0 Å². The zero-order valence-corrected chi connectivity index (χ0v) is 15.6. The van der Waals surface area contributed by atoms with Crippen molar-refractivity contribution >= 4 is 22.4 Å². The Morgan fingerprint density at radius 3 is 2.90 bits per heavy atom. The molecule has 29 heavy (non-hydrogen) atoms. The lowest BCUT2D eigenvalue weighted by Gasteiger charge is -2.07. The predicted molar refractivity (Wildman–Crippen MR) is 110 cm³/mol. The molecule has 0 spiro atoms. The molecule has 0 fully saturated rings. The van der Waals surface area contributed by atoms with Gasteiger partial charge in [-0.3, -0.25) is 14.5 Å². The van der Waals surface area contributed by atoms with Crippen LogP contribution in [-0.4, -0.2) is 25.0 Å². The van der Waals surface area contributed by atoms with E-state index in [1.54, 1.807) is 48.4 Å². The summed E-state index contributed by atoms with van der Waals surface area (Å²) < 4.78 is 1.69. The molecule has 8 nitrogen and oxygen atoms in total. The van der Waals surface area contributed by atoms with Crippen molar-refractivity contribution in [2.45, 2.75) is 6.54 Å². The summed E-state index contributed by atoms with van der Waals surface area (Å²) in [5.41, 5.74) is 9.55. The molecule has 0 bridgehead atoms. The number of benzene rings is 1. The van der Waals surface area contributed by atoms with E-state index >= 15 is 0 Å². The monoisotopic (exact) mass is 383 g/mol. The molecule has 142 valence electrons. The molecule has 3 N–H and O–H groups in total. The van der Waals surface area contributed by atoms with Crippen LogP contribution in [0.2, 0.25) is 0 Å². The van der Waals surface area contributed by atoms with Gasteiger partial charge in [-0.15, -0.1) is 0 Å². The van der Waals surface area contributed by atoms with Crippen LogP contribution in [0, 0.1) is 11.3 Å². The van der Waals surface area contributed by atoms with E-state index in [4.69, 9.17) is 5.73 Å².